The Morgan fingerprint density at radius 3 is 2.86 bits per heavy atom. The second-order valence-electron chi connectivity index (χ2n) is 4.65. The predicted octanol–water partition coefficient (Wildman–Crippen LogP) is 4.01. The molecule has 1 unspecified atom stereocenters. The molecule has 118 valence electrons. The van der Waals surface area contributed by atoms with E-state index in [1.165, 1.54) is 11.0 Å². The first-order valence-corrected chi connectivity index (χ1v) is 6.96. The third-order valence-electron chi connectivity index (χ3n) is 3.05. The Hall–Kier alpha value is -1.93. The van der Waals surface area contributed by atoms with E-state index in [0.717, 1.165) is 12.1 Å². The smallest absolute Gasteiger partial charge is 0.406 e. The van der Waals surface area contributed by atoms with Crippen molar-refractivity contribution in [3.8, 4) is 5.75 Å². The SMILES string of the molecule is [N-]=[N+]=NCC1CC(=O)N(c2cc(OC(F)(F)F)ccc2Br)C1. The molecule has 22 heavy (non-hydrogen) atoms. The maximum absolute atomic E-state index is 12.3. The molecule has 1 atom stereocenters. The molecular formula is C12H10BrF3N4O2. The second kappa shape index (κ2) is 6.45. The zero-order valence-corrected chi connectivity index (χ0v) is 12.6. The van der Waals surface area contributed by atoms with Gasteiger partial charge in [0.15, 0.2) is 0 Å². The lowest BCUT2D eigenvalue weighted by Gasteiger charge is -2.19. The van der Waals surface area contributed by atoms with Crippen molar-refractivity contribution in [3.05, 3.63) is 33.1 Å². The maximum Gasteiger partial charge on any atom is 0.573 e. The molecule has 0 spiro atoms. The second-order valence-corrected chi connectivity index (χ2v) is 5.50. The summed E-state index contributed by atoms with van der Waals surface area (Å²) in [6.45, 7) is 0.432. The Balaban J connectivity index is 2.22. The summed E-state index contributed by atoms with van der Waals surface area (Å²) in [4.78, 5) is 16.0. The molecule has 1 aromatic carbocycles. The van der Waals surface area contributed by atoms with Crippen LogP contribution in [0.15, 0.2) is 27.8 Å². The van der Waals surface area contributed by atoms with Gasteiger partial charge in [-0.3, -0.25) is 4.79 Å². The fraction of sp³-hybridized carbons (Fsp3) is 0.417. The van der Waals surface area contributed by atoms with E-state index >= 15 is 0 Å². The van der Waals surface area contributed by atoms with Crippen molar-refractivity contribution in [2.24, 2.45) is 11.0 Å². The van der Waals surface area contributed by atoms with Crippen molar-refractivity contribution in [1.82, 2.24) is 0 Å². The number of hydrogen-bond donors (Lipinski definition) is 0. The zero-order chi connectivity index (χ0) is 16.3. The number of carbonyl (C=O) groups is 1. The number of rotatable bonds is 4. The molecule has 6 nitrogen and oxygen atoms in total. The van der Waals surface area contributed by atoms with Crippen LogP contribution in [-0.2, 0) is 4.79 Å². The number of nitrogens with zero attached hydrogens (tertiary/aromatic N) is 4. The molecule has 0 aromatic heterocycles. The lowest BCUT2D eigenvalue weighted by atomic mass is 10.1. The van der Waals surface area contributed by atoms with E-state index in [4.69, 9.17) is 5.53 Å². The number of hydrogen-bond acceptors (Lipinski definition) is 3. The molecule has 1 aliphatic rings. The van der Waals surface area contributed by atoms with Crippen LogP contribution in [0.1, 0.15) is 6.42 Å². The van der Waals surface area contributed by atoms with E-state index in [9.17, 15) is 18.0 Å². The molecule has 1 aliphatic heterocycles. The van der Waals surface area contributed by atoms with Crippen molar-refractivity contribution in [3.63, 3.8) is 0 Å². The number of halogens is 4. The molecule has 1 heterocycles. The Labute approximate surface area is 131 Å². The van der Waals surface area contributed by atoms with Gasteiger partial charge < -0.3 is 9.64 Å². The highest BCUT2D eigenvalue weighted by Gasteiger charge is 2.34. The van der Waals surface area contributed by atoms with Crippen LogP contribution in [0.25, 0.3) is 10.4 Å². The number of benzene rings is 1. The average molecular weight is 379 g/mol. The molecule has 0 bridgehead atoms. The molecule has 1 aromatic rings. The fourth-order valence-electron chi connectivity index (χ4n) is 2.19. The van der Waals surface area contributed by atoms with Crippen molar-refractivity contribution in [1.29, 1.82) is 0 Å². The fourth-order valence-corrected chi connectivity index (χ4v) is 2.65. The maximum atomic E-state index is 12.3. The molecule has 0 radical (unpaired) electrons. The lowest BCUT2D eigenvalue weighted by Crippen LogP contribution is -2.25. The summed E-state index contributed by atoms with van der Waals surface area (Å²) < 4.78 is 41.1. The summed E-state index contributed by atoms with van der Waals surface area (Å²) in [5.41, 5.74) is 8.58. The number of anilines is 1. The van der Waals surface area contributed by atoms with E-state index in [0.29, 0.717) is 4.47 Å². The van der Waals surface area contributed by atoms with Crippen molar-refractivity contribution < 1.29 is 22.7 Å². The summed E-state index contributed by atoms with van der Waals surface area (Å²) in [5.74, 6) is -0.817. The minimum Gasteiger partial charge on any atom is -0.406 e. The summed E-state index contributed by atoms with van der Waals surface area (Å²) in [6.07, 6.45) is -4.63. The Kier molecular flexibility index (Phi) is 4.82. The highest BCUT2D eigenvalue weighted by atomic mass is 79.9. The molecule has 2 rings (SSSR count). The normalized spacial score (nSPS) is 18.3. The molecule has 0 saturated carbocycles. The molecule has 10 heteroatoms. The van der Waals surface area contributed by atoms with Gasteiger partial charge in [-0.1, -0.05) is 5.11 Å². The lowest BCUT2D eigenvalue weighted by molar-refractivity contribution is -0.274. The van der Waals surface area contributed by atoms with E-state index in [2.05, 4.69) is 30.7 Å². The van der Waals surface area contributed by atoms with Gasteiger partial charge in [0.2, 0.25) is 5.91 Å². The third-order valence-corrected chi connectivity index (χ3v) is 3.72. The highest BCUT2D eigenvalue weighted by Crippen LogP contribution is 2.36. The van der Waals surface area contributed by atoms with E-state index in [-0.39, 0.29) is 37.0 Å². The topological polar surface area (TPSA) is 78.3 Å². The summed E-state index contributed by atoms with van der Waals surface area (Å²) in [5, 5.41) is 3.42. The van der Waals surface area contributed by atoms with Crippen LogP contribution in [0.4, 0.5) is 18.9 Å². The van der Waals surface area contributed by atoms with Gasteiger partial charge in [0.25, 0.3) is 0 Å². The summed E-state index contributed by atoms with van der Waals surface area (Å²) in [6, 6.07) is 3.68. The molecule has 1 saturated heterocycles. The first-order chi connectivity index (χ1) is 10.3. The molecule has 0 N–H and O–H groups in total. The summed E-state index contributed by atoms with van der Waals surface area (Å²) in [7, 11) is 0. The van der Waals surface area contributed by atoms with Gasteiger partial charge in [0.05, 0.1) is 5.69 Å². The highest BCUT2D eigenvalue weighted by molar-refractivity contribution is 9.10. The molecular weight excluding hydrogens is 369 g/mol. The zero-order valence-electron chi connectivity index (χ0n) is 11.0. The first-order valence-electron chi connectivity index (χ1n) is 6.16. The van der Waals surface area contributed by atoms with Crippen LogP contribution < -0.4 is 9.64 Å². The molecule has 1 amide bonds. The largest absolute Gasteiger partial charge is 0.573 e. The number of amides is 1. The molecule has 0 aliphatic carbocycles. The van der Waals surface area contributed by atoms with E-state index < -0.39 is 12.1 Å². The third kappa shape index (κ3) is 4.05. The molecule has 1 fully saturated rings. The first kappa shape index (κ1) is 16.4. The van der Waals surface area contributed by atoms with Crippen LogP contribution in [0.3, 0.4) is 0 Å². The van der Waals surface area contributed by atoms with Gasteiger partial charge in [-0.2, -0.15) is 0 Å². The van der Waals surface area contributed by atoms with Crippen LogP contribution in [0, 0.1) is 5.92 Å². The van der Waals surface area contributed by atoms with Crippen molar-refractivity contribution in [2.45, 2.75) is 12.8 Å². The quantitative estimate of drug-likeness (QED) is 0.450. The van der Waals surface area contributed by atoms with Gasteiger partial charge in [0, 0.05) is 35.0 Å². The van der Waals surface area contributed by atoms with Gasteiger partial charge in [-0.25, -0.2) is 0 Å². The van der Waals surface area contributed by atoms with Crippen molar-refractivity contribution >= 4 is 27.5 Å². The standard InChI is InChI=1S/C12H10BrF3N4O2/c13-9-2-1-8(22-12(14,15)16)4-10(9)20-6-7(3-11(20)21)5-18-19-17/h1-2,4,7H,3,5-6H2. The van der Waals surface area contributed by atoms with E-state index in [1.807, 2.05) is 0 Å². The Bertz CT molecular complexity index is 631. The van der Waals surface area contributed by atoms with Gasteiger partial charge in [0.1, 0.15) is 5.75 Å². The van der Waals surface area contributed by atoms with Crippen LogP contribution in [0.5, 0.6) is 5.75 Å². The number of alkyl halides is 3. The van der Waals surface area contributed by atoms with Crippen LogP contribution in [0.2, 0.25) is 0 Å². The monoisotopic (exact) mass is 378 g/mol. The van der Waals surface area contributed by atoms with Crippen molar-refractivity contribution in [2.75, 3.05) is 18.0 Å². The van der Waals surface area contributed by atoms with Gasteiger partial charge >= 0.3 is 6.36 Å². The minimum absolute atomic E-state index is 0.162. The van der Waals surface area contributed by atoms with Gasteiger partial charge in [-0.15, -0.1) is 13.2 Å². The Morgan fingerprint density at radius 1 is 1.50 bits per heavy atom. The van der Waals surface area contributed by atoms with E-state index in [1.54, 1.807) is 0 Å². The average Bonchev–Trinajstić information content (AvgIpc) is 2.78. The van der Waals surface area contributed by atoms with Gasteiger partial charge in [-0.05, 0) is 39.5 Å². The van der Waals surface area contributed by atoms with Crippen LogP contribution in [-0.4, -0.2) is 25.4 Å². The Morgan fingerprint density at radius 2 is 2.23 bits per heavy atom. The number of carbonyl (C=O) groups excluding carboxylic acids is 1. The number of azide groups is 1. The minimum atomic E-state index is -4.80. The van der Waals surface area contributed by atoms with Crippen LogP contribution >= 0.6 is 15.9 Å². The summed E-state index contributed by atoms with van der Waals surface area (Å²) >= 11 is 3.21. The predicted molar refractivity (Wildman–Crippen MR) is 75.3 cm³/mol. The number of ether oxygens (including phenoxy) is 1.